The molecular weight excluding hydrogens is 192 g/mol. The Kier molecular flexibility index (Phi) is 4.71. The molecule has 0 amide bonds. The number of aromatic nitrogens is 3. The van der Waals surface area contributed by atoms with E-state index < -0.39 is 0 Å². The molecule has 0 fully saturated rings. The summed E-state index contributed by atoms with van der Waals surface area (Å²) in [7, 11) is 0. The molecule has 0 saturated carbocycles. The van der Waals surface area contributed by atoms with Crippen molar-refractivity contribution in [2.24, 2.45) is 5.73 Å². The molecule has 1 heterocycles. The van der Waals surface area contributed by atoms with Gasteiger partial charge in [0.1, 0.15) is 0 Å². The van der Waals surface area contributed by atoms with Gasteiger partial charge in [0.2, 0.25) is 0 Å². The van der Waals surface area contributed by atoms with E-state index in [1.807, 2.05) is 0 Å². The molecule has 15 heavy (non-hydrogen) atoms. The van der Waals surface area contributed by atoms with E-state index in [0.717, 1.165) is 24.2 Å². The monoisotopic (exact) mass is 212 g/mol. The van der Waals surface area contributed by atoms with Gasteiger partial charge in [-0.1, -0.05) is 19.1 Å². The van der Waals surface area contributed by atoms with Crippen LogP contribution in [0, 0.1) is 0 Å². The second-order valence-electron chi connectivity index (χ2n) is 3.59. The van der Waals surface area contributed by atoms with E-state index in [1.165, 1.54) is 0 Å². The lowest BCUT2D eigenvalue weighted by molar-refractivity contribution is 0.264. The fourth-order valence-electron chi connectivity index (χ4n) is 1.88. The van der Waals surface area contributed by atoms with Crippen molar-refractivity contribution in [2.45, 2.75) is 45.7 Å². The van der Waals surface area contributed by atoms with Crippen LogP contribution in [0.25, 0.3) is 0 Å². The fourth-order valence-corrected chi connectivity index (χ4v) is 1.88. The van der Waals surface area contributed by atoms with Gasteiger partial charge in [-0.05, 0) is 12.8 Å². The van der Waals surface area contributed by atoms with E-state index in [9.17, 15) is 0 Å². The zero-order chi connectivity index (χ0) is 11.3. The predicted octanol–water partition coefficient (Wildman–Crippen LogP) is 0.633. The maximum absolute atomic E-state index is 8.93. The lowest BCUT2D eigenvalue weighted by Gasteiger charge is -2.15. The molecular formula is C10H20N4O. The van der Waals surface area contributed by atoms with Gasteiger partial charge in [-0.3, -0.25) is 0 Å². The predicted molar refractivity (Wildman–Crippen MR) is 58.3 cm³/mol. The summed E-state index contributed by atoms with van der Waals surface area (Å²) < 4.78 is 1.78. The van der Waals surface area contributed by atoms with E-state index in [0.29, 0.717) is 19.0 Å². The van der Waals surface area contributed by atoms with Crippen molar-refractivity contribution in [3.63, 3.8) is 0 Å². The van der Waals surface area contributed by atoms with Crippen LogP contribution in [0.1, 0.15) is 44.0 Å². The minimum absolute atomic E-state index is 0.0838. The lowest BCUT2D eigenvalue weighted by atomic mass is 9.97. The highest BCUT2D eigenvalue weighted by Crippen LogP contribution is 2.24. The maximum atomic E-state index is 8.93. The van der Waals surface area contributed by atoms with Crippen LogP contribution in [0.3, 0.4) is 0 Å². The summed E-state index contributed by atoms with van der Waals surface area (Å²) in [6.45, 7) is 5.28. The Morgan fingerprint density at radius 2 is 2.07 bits per heavy atom. The van der Waals surface area contributed by atoms with Crippen LogP contribution >= 0.6 is 0 Å². The van der Waals surface area contributed by atoms with Gasteiger partial charge in [-0.2, -0.15) is 0 Å². The zero-order valence-corrected chi connectivity index (χ0v) is 9.48. The van der Waals surface area contributed by atoms with Gasteiger partial charge in [0.15, 0.2) is 0 Å². The summed E-state index contributed by atoms with van der Waals surface area (Å²) in [6, 6.07) is 0. The minimum Gasteiger partial charge on any atom is -0.394 e. The number of rotatable bonds is 6. The first kappa shape index (κ1) is 12.1. The Balaban J connectivity index is 3.02. The molecule has 0 spiro atoms. The number of aliphatic hydroxyl groups is 1. The molecule has 0 atom stereocenters. The Hall–Kier alpha value is -0.940. The van der Waals surface area contributed by atoms with Crippen molar-refractivity contribution in [1.29, 1.82) is 0 Å². The van der Waals surface area contributed by atoms with Gasteiger partial charge in [-0.25, -0.2) is 4.68 Å². The molecule has 0 unspecified atom stereocenters. The molecule has 0 bridgehead atoms. The average Bonchev–Trinajstić information content (AvgIpc) is 2.64. The largest absolute Gasteiger partial charge is 0.394 e. The molecule has 1 aromatic heterocycles. The van der Waals surface area contributed by atoms with Gasteiger partial charge in [0, 0.05) is 12.5 Å². The number of nitrogens with zero attached hydrogens (tertiary/aromatic N) is 3. The second-order valence-corrected chi connectivity index (χ2v) is 3.59. The van der Waals surface area contributed by atoms with E-state index in [2.05, 4.69) is 24.2 Å². The summed E-state index contributed by atoms with van der Waals surface area (Å²) in [5.41, 5.74) is 7.58. The van der Waals surface area contributed by atoms with Crippen LogP contribution in [0.2, 0.25) is 0 Å². The molecule has 5 nitrogen and oxygen atoms in total. The van der Waals surface area contributed by atoms with Crippen LogP contribution in [-0.4, -0.2) is 26.7 Å². The van der Waals surface area contributed by atoms with Crippen molar-refractivity contribution in [3.8, 4) is 0 Å². The summed E-state index contributed by atoms with van der Waals surface area (Å²) in [6.07, 6.45) is 2.09. The molecule has 86 valence electrons. The summed E-state index contributed by atoms with van der Waals surface area (Å²) >= 11 is 0. The normalized spacial score (nSPS) is 11.3. The smallest absolute Gasteiger partial charge is 0.0997 e. The van der Waals surface area contributed by atoms with Gasteiger partial charge < -0.3 is 10.8 Å². The SMILES string of the molecule is CCC(CC)c1c(CN)nnn1CCO. The first-order valence-electron chi connectivity index (χ1n) is 5.51. The molecule has 1 aromatic rings. The maximum Gasteiger partial charge on any atom is 0.0997 e. The van der Waals surface area contributed by atoms with Crippen LogP contribution in [0.5, 0.6) is 0 Å². The number of aliphatic hydroxyl groups excluding tert-OH is 1. The van der Waals surface area contributed by atoms with Gasteiger partial charge in [0.05, 0.1) is 24.5 Å². The molecule has 0 saturated heterocycles. The third kappa shape index (κ3) is 2.54. The number of nitrogens with two attached hydrogens (primary N) is 1. The number of hydrogen-bond donors (Lipinski definition) is 2. The van der Waals surface area contributed by atoms with E-state index in [1.54, 1.807) is 4.68 Å². The third-order valence-electron chi connectivity index (χ3n) is 2.72. The Morgan fingerprint density at radius 1 is 1.40 bits per heavy atom. The zero-order valence-electron chi connectivity index (χ0n) is 9.48. The Bertz CT molecular complexity index is 294. The quantitative estimate of drug-likeness (QED) is 0.725. The third-order valence-corrected chi connectivity index (χ3v) is 2.72. The molecule has 3 N–H and O–H groups in total. The van der Waals surface area contributed by atoms with Gasteiger partial charge in [-0.15, -0.1) is 5.10 Å². The molecule has 1 rings (SSSR count). The van der Waals surface area contributed by atoms with E-state index in [4.69, 9.17) is 10.8 Å². The highest BCUT2D eigenvalue weighted by Gasteiger charge is 2.18. The van der Waals surface area contributed by atoms with Crippen molar-refractivity contribution >= 4 is 0 Å². The standard InChI is InChI=1S/C10H20N4O/c1-3-8(4-2)10-9(7-11)12-13-14(10)5-6-15/h8,15H,3-7,11H2,1-2H3. The first-order valence-corrected chi connectivity index (χ1v) is 5.51. The molecule has 0 aliphatic rings. The molecule has 0 aliphatic carbocycles. The molecule has 0 radical (unpaired) electrons. The van der Waals surface area contributed by atoms with Crippen molar-refractivity contribution in [3.05, 3.63) is 11.4 Å². The van der Waals surface area contributed by atoms with Crippen LogP contribution in [0.15, 0.2) is 0 Å². The van der Waals surface area contributed by atoms with E-state index >= 15 is 0 Å². The lowest BCUT2D eigenvalue weighted by Crippen LogP contribution is -2.13. The van der Waals surface area contributed by atoms with Gasteiger partial charge in [0.25, 0.3) is 0 Å². The topological polar surface area (TPSA) is 77.0 Å². The highest BCUT2D eigenvalue weighted by molar-refractivity contribution is 5.15. The Morgan fingerprint density at radius 3 is 2.53 bits per heavy atom. The van der Waals surface area contributed by atoms with Crippen molar-refractivity contribution in [1.82, 2.24) is 15.0 Å². The summed E-state index contributed by atoms with van der Waals surface area (Å²) in [5.74, 6) is 0.435. The van der Waals surface area contributed by atoms with E-state index in [-0.39, 0.29) is 6.61 Å². The molecule has 0 aromatic carbocycles. The average molecular weight is 212 g/mol. The Labute approximate surface area is 90.3 Å². The minimum atomic E-state index is 0.0838. The first-order chi connectivity index (χ1) is 7.28. The van der Waals surface area contributed by atoms with Crippen LogP contribution < -0.4 is 5.73 Å². The highest BCUT2D eigenvalue weighted by atomic mass is 16.3. The number of hydrogen-bond acceptors (Lipinski definition) is 4. The van der Waals surface area contributed by atoms with Gasteiger partial charge >= 0.3 is 0 Å². The molecule has 0 aliphatic heterocycles. The van der Waals surface area contributed by atoms with Crippen molar-refractivity contribution in [2.75, 3.05) is 6.61 Å². The van der Waals surface area contributed by atoms with Crippen LogP contribution in [-0.2, 0) is 13.1 Å². The second kappa shape index (κ2) is 5.82. The summed E-state index contributed by atoms with van der Waals surface area (Å²) in [4.78, 5) is 0. The fraction of sp³-hybridized carbons (Fsp3) is 0.800. The van der Waals surface area contributed by atoms with Crippen molar-refractivity contribution < 1.29 is 5.11 Å². The van der Waals surface area contributed by atoms with Crippen LogP contribution in [0.4, 0.5) is 0 Å². The summed E-state index contributed by atoms with van der Waals surface area (Å²) in [5, 5.41) is 17.0. The molecule has 5 heteroatoms.